The molecule has 0 unspecified atom stereocenters. The van der Waals surface area contributed by atoms with Crippen LogP contribution in [0.5, 0.6) is 0 Å². The zero-order chi connectivity index (χ0) is 22.1. The fourth-order valence-corrected chi connectivity index (χ4v) is 4.07. The first-order valence-corrected chi connectivity index (χ1v) is 9.83. The van der Waals surface area contributed by atoms with Crippen molar-refractivity contribution in [3.05, 3.63) is 108 Å². The Labute approximate surface area is 178 Å². The van der Waals surface area contributed by atoms with Crippen LogP contribution in [0.3, 0.4) is 0 Å². The van der Waals surface area contributed by atoms with E-state index >= 15 is 8.78 Å². The van der Waals surface area contributed by atoms with Gasteiger partial charge in [-0.3, -0.25) is 0 Å². The molecule has 0 nitrogen and oxygen atoms in total. The topological polar surface area (TPSA) is 0 Å². The summed E-state index contributed by atoms with van der Waals surface area (Å²) in [5.74, 6) is -7.59. The first-order chi connectivity index (χ1) is 14.9. The van der Waals surface area contributed by atoms with Gasteiger partial charge >= 0.3 is 0 Å². The van der Waals surface area contributed by atoms with Crippen molar-refractivity contribution in [1.82, 2.24) is 0 Å². The van der Waals surface area contributed by atoms with E-state index in [0.717, 1.165) is 0 Å². The van der Waals surface area contributed by atoms with Crippen LogP contribution in [-0.4, -0.2) is 0 Å². The smallest absolute Gasteiger partial charge is 0.150 e. The van der Waals surface area contributed by atoms with E-state index in [0.29, 0.717) is 12.1 Å². The minimum absolute atomic E-state index is 0.0958. The minimum atomic E-state index is -1.33. The van der Waals surface area contributed by atoms with Crippen LogP contribution in [0.1, 0.15) is 0 Å². The summed E-state index contributed by atoms with van der Waals surface area (Å²) in [5, 5.41) is 0. The summed E-state index contributed by atoms with van der Waals surface area (Å²) in [4.78, 5) is -1.60. The van der Waals surface area contributed by atoms with Crippen molar-refractivity contribution in [2.45, 2.75) is 9.79 Å². The molecule has 0 N–H and O–H groups in total. The zero-order valence-corrected chi connectivity index (χ0v) is 16.4. The summed E-state index contributed by atoms with van der Waals surface area (Å²) in [7, 11) is 0. The maximum absolute atomic E-state index is 15.1. The quantitative estimate of drug-likeness (QED) is 0.286. The molecule has 0 spiro atoms. The Bertz CT molecular complexity index is 1160. The van der Waals surface area contributed by atoms with Gasteiger partial charge in [0.1, 0.15) is 23.3 Å². The van der Waals surface area contributed by atoms with Crippen LogP contribution >= 0.6 is 11.8 Å². The molecule has 0 aromatic heterocycles. The van der Waals surface area contributed by atoms with E-state index in [-0.39, 0.29) is 22.9 Å². The predicted molar refractivity (Wildman–Crippen MR) is 108 cm³/mol. The van der Waals surface area contributed by atoms with E-state index in [2.05, 4.69) is 0 Å². The van der Waals surface area contributed by atoms with E-state index in [1.54, 1.807) is 12.1 Å². The molecule has 0 bridgehead atoms. The highest BCUT2D eigenvalue weighted by atomic mass is 32.2. The fourth-order valence-electron chi connectivity index (χ4n) is 3.17. The number of benzene rings is 4. The van der Waals surface area contributed by atoms with Crippen LogP contribution in [0.25, 0.3) is 22.3 Å². The van der Waals surface area contributed by atoms with Gasteiger partial charge in [0.2, 0.25) is 0 Å². The van der Waals surface area contributed by atoms with Gasteiger partial charge in [-0.05, 0) is 11.1 Å². The fraction of sp³-hybridized carbons (Fsp3) is 0. The Morgan fingerprint density at radius 2 is 0.806 bits per heavy atom. The lowest BCUT2D eigenvalue weighted by molar-refractivity contribution is 0.508. The van der Waals surface area contributed by atoms with Crippen LogP contribution < -0.4 is 0 Å². The highest BCUT2D eigenvalue weighted by Crippen LogP contribution is 2.42. The maximum atomic E-state index is 15.1. The van der Waals surface area contributed by atoms with Crippen molar-refractivity contribution in [2.24, 2.45) is 0 Å². The van der Waals surface area contributed by atoms with Gasteiger partial charge in [0, 0.05) is 12.1 Å². The summed E-state index contributed by atoms with van der Waals surface area (Å²) in [5.41, 5.74) is -0.805. The van der Waals surface area contributed by atoms with E-state index < -0.39 is 55.8 Å². The first-order valence-electron chi connectivity index (χ1n) is 9.02. The van der Waals surface area contributed by atoms with Gasteiger partial charge in [0.05, 0.1) is 20.9 Å². The molecule has 0 saturated carbocycles. The Hall–Kier alpha value is -3.19. The van der Waals surface area contributed by atoms with Crippen molar-refractivity contribution >= 4 is 11.8 Å². The maximum Gasteiger partial charge on any atom is 0.150 e. The highest BCUT2D eigenvalue weighted by Gasteiger charge is 2.26. The molecule has 0 fully saturated rings. The third kappa shape index (κ3) is 3.93. The molecule has 0 aliphatic rings. The largest absolute Gasteiger partial charge is 0.206 e. The summed E-state index contributed by atoms with van der Waals surface area (Å²) in [6.45, 7) is 0. The molecule has 0 saturated heterocycles. The van der Waals surface area contributed by atoms with E-state index in [4.69, 9.17) is 0 Å². The number of hydrogen-bond donors (Lipinski definition) is 0. The molecule has 4 aromatic rings. The lowest BCUT2D eigenvalue weighted by atomic mass is 10.0. The molecule has 4 rings (SSSR count). The van der Waals surface area contributed by atoms with Gasteiger partial charge in [-0.25, -0.2) is 26.3 Å². The summed E-state index contributed by atoms with van der Waals surface area (Å²) < 4.78 is 87.8. The third-order valence-electron chi connectivity index (χ3n) is 4.59. The third-order valence-corrected chi connectivity index (χ3v) is 5.74. The van der Waals surface area contributed by atoms with Crippen LogP contribution in [-0.2, 0) is 0 Å². The van der Waals surface area contributed by atoms with Gasteiger partial charge < -0.3 is 0 Å². The van der Waals surface area contributed by atoms with Crippen LogP contribution in [0.4, 0.5) is 26.3 Å². The molecule has 0 aliphatic heterocycles. The lowest BCUT2D eigenvalue weighted by Crippen LogP contribution is -2.00. The highest BCUT2D eigenvalue weighted by molar-refractivity contribution is 7.99. The van der Waals surface area contributed by atoms with E-state index in [1.807, 2.05) is 0 Å². The molecule has 0 atom stereocenters. The van der Waals surface area contributed by atoms with Crippen molar-refractivity contribution in [1.29, 1.82) is 0 Å². The summed E-state index contributed by atoms with van der Waals surface area (Å²) in [6, 6.07) is 16.0. The second-order valence-electron chi connectivity index (χ2n) is 6.55. The van der Waals surface area contributed by atoms with Crippen molar-refractivity contribution in [3.8, 4) is 22.3 Å². The number of halogens is 6. The molecular formula is C24H12F6S. The van der Waals surface area contributed by atoms with Gasteiger partial charge in [-0.15, -0.1) is 0 Å². The summed E-state index contributed by atoms with van der Waals surface area (Å²) >= 11 is 0.0958. The number of hydrogen-bond acceptors (Lipinski definition) is 1. The molecule has 4 aromatic carbocycles. The second kappa shape index (κ2) is 8.51. The Kier molecular flexibility index (Phi) is 5.78. The van der Waals surface area contributed by atoms with Gasteiger partial charge in [0.15, 0.2) is 11.6 Å². The van der Waals surface area contributed by atoms with Crippen molar-refractivity contribution in [3.63, 3.8) is 0 Å². The molecule has 0 radical (unpaired) electrons. The predicted octanol–water partition coefficient (Wildman–Crippen LogP) is 8.01. The minimum Gasteiger partial charge on any atom is -0.206 e. The average molecular weight is 446 g/mol. The first kappa shape index (κ1) is 21.1. The Morgan fingerprint density at radius 3 is 1.16 bits per heavy atom. The summed E-state index contributed by atoms with van der Waals surface area (Å²) in [6.07, 6.45) is 0. The monoisotopic (exact) mass is 446 g/mol. The molecule has 31 heavy (non-hydrogen) atoms. The Morgan fingerprint density at radius 1 is 0.452 bits per heavy atom. The Balaban J connectivity index is 1.87. The van der Waals surface area contributed by atoms with Crippen molar-refractivity contribution < 1.29 is 26.3 Å². The van der Waals surface area contributed by atoms with E-state index in [1.165, 1.54) is 48.5 Å². The van der Waals surface area contributed by atoms with E-state index in [9.17, 15) is 17.6 Å². The molecule has 156 valence electrons. The van der Waals surface area contributed by atoms with Gasteiger partial charge in [0.25, 0.3) is 0 Å². The van der Waals surface area contributed by atoms with Crippen molar-refractivity contribution in [2.75, 3.05) is 0 Å². The molecule has 7 heteroatoms. The number of rotatable bonds is 4. The molecule has 0 aliphatic carbocycles. The standard InChI is InChI=1S/C24H12F6S/c25-15-11-17(27)23(21(29)19(15)13-7-3-1-4-8-13)31-24-18(28)12-16(26)20(22(24)30)14-9-5-2-6-10-14/h1-12H. The molecular weight excluding hydrogens is 434 g/mol. The lowest BCUT2D eigenvalue weighted by Gasteiger charge is -2.14. The zero-order valence-electron chi connectivity index (χ0n) is 15.6. The second-order valence-corrected chi connectivity index (χ2v) is 7.57. The van der Waals surface area contributed by atoms with Crippen LogP contribution in [0.2, 0.25) is 0 Å². The average Bonchev–Trinajstić information content (AvgIpc) is 2.74. The SMILES string of the molecule is Fc1cc(F)c(-c2ccccc2)c(F)c1Sc1c(F)cc(F)c(-c2ccccc2)c1F. The normalized spacial score (nSPS) is 11.0. The van der Waals surface area contributed by atoms with Crippen LogP contribution in [0, 0.1) is 34.9 Å². The molecule has 0 heterocycles. The van der Waals surface area contributed by atoms with Gasteiger partial charge in [-0.2, -0.15) is 0 Å². The molecule has 0 amide bonds. The van der Waals surface area contributed by atoms with Gasteiger partial charge in [-0.1, -0.05) is 72.4 Å². The van der Waals surface area contributed by atoms with Crippen LogP contribution in [0.15, 0.2) is 82.6 Å².